The molecule has 0 saturated carbocycles. The van der Waals surface area contributed by atoms with Gasteiger partial charge < -0.3 is 10.8 Å². The predicted octanol–water partition coefficient (Wildman–Crippen LogP) is 0.396. The van der Waals surface area contributed by atoms with E-state index in [9.17, 15) is 9.59 Å². The number of hydrogen-bond donors (Lipinski definition) is 2. The Labute approximate surface area is 83.8 Å². The third-order valence-electron chi connectivity index (χ3n) is 1.98. The van der Waals surface area contributed by atoms with Crippen molar-refractivity contribution in [1.82, 2.24) is 0 Å². The molecule has 0 heterocycles. The lowest BCUT2D eigenvalue weighted by Crippen LogP contribution is -2.28. The van der Waals surface area contributed by atoms with Crippen LogP contribution in [-0.4, -0.2) is 23.4 Å². The zero-order chi connectivity index (χ0) is 11.4. The van der Waals surface area contributed by atoms with E-state index in [1.165, 1.54) is 13.0 Å². The van der Waals surface area contributed by atoms with Gasteiger partial charge in [0.25, 0.3) is 0 Å². The van der Waals surface area contributed by atoms with Gasteiger partial charge in [0.2, 0.25) is 5.91 Å². The molecule has 0 unspecified atom stereocenters. The van der Waals surface area contributed by atoms with Crippen LogP contribution in [-0.2, 0) is 9.59 Å². The van der Waals surface area contributed by atoms with Gasteiger partial charge in [-0.2, -0.15) is 0 Å². The maximum Gasteiger partial charge on any atom is 0.244 e. The van der Waals surface area contributed by atoms with Gasteiger partial charge in [-0.3, -0.25) is 9.59 Å². The highest BCUT2D eigenvalue weighted by molar-refractivity contribution is 5.94. The Kier molecular flexibility index (Phi) is 4.50. The van der Waals surface area contributed by atoms with Crippen molar-refractivity contribution in [2.24, 2.45) is 11.1 Å². The zero-order valence-electron chi connectivity index (χ0n) is 8.83. The molecule has 3 N–H and O–H groups in total. The number of hydrogen-bond acceptors (Lipinski definition) is 3. The molecule has 0 fully saturated rings. The number of Topliss-reactive ketones (excluding diaryl/α,β-unsaturated/α-hetero) is 1. The SMILES string of the molecule is CC(=O)CC(C)(C)C(=CCO)C(N)=O. The maximum absolute atomic E-state index is 11.0. The van der Waals surface area contributed by atoms with Crippen molar-refractivity contribution in [3.05, 3.63) is 11.6 Å². The molecule has 0 aromatic carbocycles. The zero-order valence-corrected chi connectivity index (χ0v) is 8.83. The standard InChI is InChI=1S/C10H17NO3/c1-7(13)6-10(2,3)8(4-5-12)9(11)14/h4,12H,5-6H2,1-3H3,(H2,11,14). The van der Waals surface area contributed by atoms with Crippen LogP contribution in [0.5, 0.6) is 0 Å². The van der Waals surface area contributed by atoms with Gasteiger partial charge in [-0.15, -0.1) is 0 Å². The van der Waals surface area contributed by atoms with Crippen LogP contribution in [0.15, 0.2) is 11.6 Å². The minimum Gasteiger partial charge on any atom is -0.392 e. The summed E-state index contributed by atoms with van der Waals surface area (Å²) in [5, 5.41) is 8.71. The fourth-order valence-corrected chi connectivity index (χ4v) is 1.52. The fraction of sp³-hybridized carbons (Fsp3) is 0.600. The van der Waals surface area contributed by atoms with Gasteiger partial charge in [0, 0.05) is 17.4 Å². The molecule has 0 saturated heterocycles. The molecule has 0 aliphatic heterocycles. The summed E-state index contributed by atoms with van der Waals surface area (Å²) >= 11 is 0. The summed E-state index contributed by atoms with van der Waals surface area (Å²) in [5.74, 6) is -0.606. The van der Waals surface area contributed by atoms with Crippen molar-refractivity contribution in [2.75, 3.05) is 6.61 Å². The molecule has 0 spiro atoms. The van der Waals surface area contributed by atoms with Gasteiger partial charge in [0.05, 0.1) is 6.61 Å². The Balaban J connectivity index is 4.90. The first kappa shape index (κ1) is 12.8. The number of carbonyl (C=O) groups excluding carboxylic acids is 2. The summed E-state index contributed by atoms with van der Waals surface area (Å²) in [5.41, 5.74) is 4.85. The number of primary amides is 1. The van der Waals surface area contributed by atoms with E-state index in [-0.39, 0.29) is 18.8 Å². The summed E-state index contributed by atoms with van der Waals surface area (Å²) in [6, 6.07) is 0. The van der Waals surface area contributed by atoms with E-state index < -0.39 is 11.3 Å². The molecule has 80 valence electrons. The lowest BCUT2D eigenvalue weighted by molar-refractivity contribution is -0.119. The molecular weight excluding hydrogens is 182 g/mol. The second-order valence-corrected chi connectivity index (χ2v) is 3.93. The second-order valence-electron chi connectivity index (χ2n) is 3.93. The molecule has 14 heavy (non-hydrogen) atoms. The summed E-state index contributed by atoms with van der Waals surface area (Å²) in [6.45, 7) is 4.71. The Morgan fingerprint density at radius 3 is 2.21 bits per heavy atom. The molecule has 0 bridgehead atoms. The second kappa shape index (κ2) is 4.91. The lowest BCUT2D eigenvalue weighted by atomic mass is 9.79. The maximum atomic E-state index is 11.0. The van der Waals surface area contributed by atoms with Crippen LogP contribution in [0, 0.1) is 5.41 Å². The minimum atomic E-state index is -0.611. The highest BCUT2D eigenvalue weighted by Gasteiger charge is 2.28. The number of carbonyl (C=O) groups is 2. The Morgan fingerprint density at radius 2 is 1.93 bits per heavy atom. The summed E-state index contributed by atoms with van der Waals surface area (Å²) < 4.78 is 0. The molecule has 0 aliphatic rings. The number of nitrogens with two attached hydrogens (primary N) is 1. The Bertz CT molecular complexity index is 267. The third kappa shape index (κ3) is 3.70. The van der Waals surface area contributed by atoms with E-state index in [0.29, 0.717) is 5.57 Å². The molecule has 0 atom stereocenters. The molecule has 0 rings (SSSR count). The number of amides is 1. The smallest absolute Gasteiger partial charge is 0.244 e. The van der Waals surface area contributed by atoms with E-state index in [1.54, 1.807) is 13.8 Å². The molecule has 0 aromatic rings. The lowest BCUT2D eigenvalue weighted by Gasteiger charge is -2.24. The van der Waals surface area contributed by atoms with Crippen molar-refractivity contribution in [1.29, 1.82) is 0 Å². The van der Waals surface area contributed by atoms with Crippen LogP contribution < -0.4 is 5.73 Å². The molecule has 4 nitrogen and oxygen atoms in total. The molecule has 4 heteroatoms. The van der Waals surface area contributed by atoms with E-state index in [2.05, 4.69) is 0 Å². The van der Waals surface area contributed by atoms with E-state index in [1.807, 2.05) is 0 Å². The molecule has 0 radical (unpaired) electrons. The summed E-state index contributed by atoms with van der Waals surface area (Å²) in [4.78, 5) is 22.0. The van der Waals surface area contributed by atoms with Gasteiger partial charge in [-0.1, -0.05) is 19.9 Å². The number of ketones is 1. The normalized spacial score (nSPS) is 12.7. The number of rotatable bonds is 5. The Morgan fingerprint density at radius 1 is 1.43 bits per heavy atom. The van der Waals surface area contributed by atoms with Crippen molar-refractivity contribution in [3.8, 4) is 0 Å². The quantitative estimate of drug-likeness (QED) is 0.629. The van der Waals surface area contributed by atoms with E-state index in [4.69, 9.17) is 10.8 Å². The summed E-state index contributed by atoms with van der Waals surface area (Å²) in [7, 11) is 0. The predicted molar refractivity (Wildman–Crippen MR) is 53.4 cm³/mol. The van der Waals surface area contributed by atoms with Crippen molar-refractivity contribution < 1.29 is 14.7 Å². The van der Waals surface area contributed by atoms with Gasteiger partial charge in [-0.25, -0.2) is 0 Å². The van der Waals surface area contributed by atoms with Crippen molar-refractivity contribution >= 4 is 11.7 Å². The van der Waals surface area contributed by atoms with Gasteiger partial charge in [0.1, 0.15) is 5.78 Å². The Hall–Kier alpha value is -1.16. The van der Waals surface area contributed by atoms with Crippen LogP contribution >= 0.6 is 0 Å². The minimum absolute atomic E-state index is 0.0138. The highest BCUT2D eigenvalue weighted by atomic mass is 16.2. The largest absolute Gasteiger partial charge is 0.392 e. The first-order valence-corrected chi connectivity index (χ1v) is 4.42. The topological polar surface area (TPSA) is 80.4 Å². The monoisotopic (exact) mass is 199 g/mol. The molecule has 1 amide bonds. The van der Waals surface area contributed by atoms with Gasteiger partial charge in [-0.05, 0) is 6.92 Å². The molecular formula is C10H17NO3. The molecule has 0 aromatic heterocycles. The first-order valence-electron chi connectivity index (χ1n) is 4.42. The van der Waals surface area contributed by atoms with Crippen molar-refractivity contribution in [2.45, 2.75) is 27.2 Å². The van der Waals surface area contributed by atoms with Crippen LogP contribution in [0.4, 0.5) is 0 Å². The average Bonchev–Trinajstić information content (AvgIpc) is 1.96. The summed E-state index contributed by atoms with van der Waals surface area (Å²) in [6.07, 6.45) is 1.59. The number of aliphatic hydroxyl groups is 1. The average molecular weight is 199 g/mol. The van der Waals surface area contributed by atoms with Crippen LogP contribution in [0.3, 0.4) is 0 Å². The van der Waals surface area contributed by atoms with Crippen LogP contribution in [0.25, 0.3) is 0 Å². The van der Waals surface area contributed by atoms with E-state index >= 15 is 0 Å². The van der Waals surface area contributed by atoms with E-state index in [0.717, 1.165) is 0 Å². The molecule has 0 aliphatic carbocycles. The van der Waals surface area contributed by atoms with Crippen LogP contribution in [0.1, 0.15) is 27.2 Å². The van der Waals surface area contributed by atoms with Crippen molar-refractivity contribution in [3.63, 3.8) is 0 Å². The van der Waals surface area contributed by atoms with Gasteiger partial charge in [0.15, 0.2) is 0 Å². The fourth-order valence-electron chi connectivity index (χ4n) is 1.52. The highest BCUT2D eigenvalue weighted by Crippen LogP contribution is 2.30. The first-order chi connectivity index (χ1) is 6.31. The van der Waals surface area contributed by atoms with Gasteiger partial charge >= 0.3 is 0 Å². The van der Waals surface area contributed by atoms with Crippen LogP contribution in [0.2, 0.25) is 0 Å². The number of aliphatic hydroxyl groups excluding tert-OH is 1. The third-order valence-corrected chi connectivity index (χ3v) is 1.98.